The van der Waals surface area contributed by atoms with E-state index in [1.54, 1.807) is 13.2 Å². The molecule has 0 amide bonds. The predicted molar refractivity (Wildman–Crippen MR) is 51.8 cm³/mol. The molecular formula is C8H9IO2Zn. The van der Waals surface area contributed by atoms with Crippen LogP contribution in [0.15, 0.2) is 24.3 Å². The van der Waals surface area contributed by atoms with E-state index < -0.39 is 0 Å². The summed E-state index contributed by atoms with van der Waals surface area (Å²) >= 11 is 3.62. The molecule has 0 aliphatic heterocycles. The second kappa shape index (κ2) is 9.42. The average Bonchev–Trinajstić information content (AvgIpc) is 2.19. The summed E-state index contributed by atoms with van der Waals surface area (Å²) in [5.74, 6) is 0.782. The van der Waals surface area contributed by atoms with E-state index in [0.29, 0.717) is 0 Å². The van der Waals surface area contributed by atoms with Crippen molar-refractivity contribution in [1.29, 1.82) is 0 Å². The Labute approximate surface area is 93.5 Å². The number of methoxy groups -OCH3 is 1. The standard InChI is InChI=1S/C8H9O2.HI.Zn/c1-9-7-10-8-5-3-2-4-6-8;;/h2-3,5-6H,7H2,1H3;1H;/q-1;;+2/p-1. The monoisotopic (exact) mass is 328 g/mol. The molecule has 0 bridgehead atoms. The summed E-state index contributed by atoms with van der Waals surface area (Å²) in [6.45, 7) is 0.290. The van der Waals surface area contributed by atoms with E-state index in [-0.39, 0.29) is 6.79 Å². The number of ether oxygens (including phenoxy) is 2. The van der Waals surface area contributed by atoms with E-state index in [2.05, 4.69) is 25.8 Å². The number of hydrogen-bond donors (Lipinski definition) is 0. The molecule has 4 heteroatoms. The minimum atomic E-state index is 0.290. The van der Waals surface area contributed by atoms with Crippen molar-refractivity contribution in [3.8, 4) is 5.75 Å². The number of halogens is 1. The van der Waals surface area contributed by atoms with Gasteiger partial charge in [-0.3, -0.25) is 0 Å². The fourth-order valence-electron chi connectivity index (χ4n) is 0.594. The van der Waals surface area contributed by atoms with Gasteiger partial charge in [0.2, 0.25) is 0 Å². The quantitative estimate of drug-likeness (QED) is 0.367. The van der Waals surface area contributed by atoms with E-state index in [9.17, 15) is 0 Å². The Bertz CT molecular complexity index is 182. The molecule has 0 fully saturated rings. The predicted octanol–water partition coefficient (Wildman–Crippen LogP) is 2.35. The van der Waals surface area contributed by atoms with Crippen LogP contribution < -0.4 is 4.74 Å². The van der Waals surface area contributed by atoms with Crippen LogP contribution in [-0.4, -0.2) is 13.9 Å². The zero-order chi connectivity index (χ0) is 9.23. The van der Waals surface area contributed by atoms with Crippen LogP contribution in [0, 0.1) is 6.07 Å². The summed E-state index contributed by atoms with van der Waals surface area (Å²) in [6.07, 6.45) is 0. The van der Waals surface area contributed by atoms with Gasteiger partial charge in [-0.1, -0.05) is 0 Å². The van der Waals surface area contributed by atoms with Crippen molar-refractivity contribution in [2.45, 2.75) is 0 Å². The van der Waals surface area contributed by atoms with Gasteiger partial charge in [0, 0.05) is 12.9 Å². The normalized spacial score (nSPS) is 8.33. The van der Waals surface area contributed by atoms with Crippen molar-refractivity contribution in [2.75, 3.05) is 13.9 Å². The van der Waals surface area contributed by atoms with Crippen LogP contribution in [0.25, 0.3) is 0 Å². The van der Waals surface area contributed by atoms with Gasteiger partial charge in [-0.15, -0.1) is 12.1 Å². The Hall–Kier alpha value is 0.333. The third-order valence-corrected chi connectivity index (χ3v) is 1.02. The Morgan fingerprint density at radius 2 is 2.33 bits per heavy atom. The zero-order valence-electron chi connectivity index (χ0n) is 6.92. The summed E-state index contributed by atoms with van der Waals surface area (Å²) in [7, 11) is 1.59. The summed E-state index contributed by atoms with van der Waals surface area (Å²) < 4.78 is 9.81. The average molecular weight is 329 g/mol. The first-order valence-electron chi connectivity index (χ1n) is 3.28. The van der Waals surface area contributed by atoms with Crippen molar-refractivity contribution >= 4 is 19.8 Å². The van der Waals surface area contributed by atoms with Gasteiger partial charge in [0.25, 0.3) is 0 Å². The molecular weight excluding hydrogens is 320 g/mol. The van der Waals surface area contributed by atoms with Crippen molar-refractivity contribution in [2.24, 2.45) is 0 Å². The second-order valence-corrected chi connectivity index (χ2v) is 1.79. The summed E-state index contributed by atoms with van der Waals surface area (Å²) in [5.41, 5.74) is 0. The van der Waals surface area contributed by atoms with E-state index in [0.717, 1.165) is 5.75 Å². The number of benzene rings is 1. The molecule has 0 radical (unpaired) electrons. The maximum absolute atomic E-state index is 5.10. The number of rotatable bonds is 3. The molecule has 1 rings (SSSR count). The SMILES string of the molecule is COCOc1c[c-]ccc1.[Zn+][I]. The molecule has 2 nitrogen and oxygen atoms in total. The van der Waals surface area contributed by atoms with Gasteiger partial charge in [-0.25, -0.2) is 0 Å². The van der Waals surface area contributed by atoms with Crippen LogP contribution in [0.2, 0.25) is 0 Å². The van der Waals surface area contributed by atoms with E-state index in [1.165, 1.54) is 14.8 Å². The molecule has 0 heterocycles. The minimum absolute atomic E-state index is 0.290. The van der Waals surface area contributed by atoms with E-state index in [1.807, 2.05) is 18.2 Å². The third kappa shape index (κ3) is 5.92. The molecule has 0 saturated carbocycles. The first kappa shape index (κ1) is 12.3. The van der Waals surface area contributed by atoms with Crippen LogP contribution >= 0.6 is 19.8 Å². The summed E-state index contributed by atoms with van der Waals surface area (Å²) in [6, 6.07) is 10.2. The molecule has 0 aromatic heterocycles. The van der Waals surface area contributed by atoms with Gasteiger partial charge in [0.15, 0.2) is 6.79 Å². The van der Waals surface area contributed by atoms with Crippen molar-refractivity contribution < 1.29 is 24.3 Å². The van der Waals surface area contributed by atoms with E-state index in [4.69, 9.17) is 9.47 Å². The van der Waals surface area contributed by atoms with Crippen molar-refractivity contribution in [3.05, 3.63) is 30.3 Å². The molecule has 12 heavy (non-hydrogen) atoms. The molecule has 62 valence electrons. The molecule has 0 spiro atoms. The fraction of sp³-hybridized carbons (Fsp3) is 0.250. The maximum atomic E-state index is 5.10. The van der Waals surface area contributed by atoms with Gasteiger partial charge in [-0.2, -0.15) is 18.2 Å². The molecule has 1 aromatic carbocycles. The fourth-order valence-corrected chi connectivity index (χ4v) is 0.594. The number of hydrogen-bond acceptors (Lipinski definition) is 2. The molecule has 0 aliphatic rings. The van der Waals surface area contributed by atoms with Gasteiger partial charge < -0.3 is 9.47 Å². The second-order valence-electron chi connectivity index (χ2n) is 1.79. The van der Waals surface area contributed by atoms with Crippen molar-refractivity contribution in [1.82, 2.24) is 0 Å². The Morgan fingerprint density at radius 3 is 2.83 bits per heavy atom. The first-order valence-corrected chi connectivity index (χ1v) is 12.3. The Kier molecular flexibility index (Phi) is 9.68. The van der Waals surface area contributed by atoms with Gasteiger partial charge >= 0.3 is 34.5 Å². The van der Waals surface area contributed by atoms with Gasteiger partial charge in [0.1, 0.15) is 0 Å². The van der Waals surface area contributed by atoms with Gasteiger partial charge in [-0.05, 0) is 0 Å². The Balaban J connectivity index is 0.000000561. The summed E-state index contributed by atoms with van der Waals surface area (Å²) in [5, 5.41) is 0. The van der Waals surface area contributed by atoms with Crippen LogP contribution in [0.5, 0.6) is 5.75 Å². The van der Waals surface area contributed by atoms with Crippen LogP contribution in [-0.2, 0) is 19.5 Å². The molecule has 0 unspecified atom stereocenters. The topological polar surface area (TPSA) is 18.5 Å². The summed E-state index contributed by atoms with van der Waals surface area (Å²) in [4.78, 5) is 0. The first-order chi connectivity index (χ1) is 5.93. The molecule has 0 saturated heterocycles. The van der Waals surface area contributed by atoms with Gasteiger partial charge in [0.05, 0.1) is 0 Å². The molecule has 0 aliphatic carbocycles. The van der Waals surface area contributed by atoms with Crippen LogP contribution in [0.4, 0.5) is 0 Å². The van der Waals surface area contributed by atoms with E-state index >= 15 is 0 Å². The molecule has 0 atom stereocenters. The molecule has 0 N–H and O–H groups in total. The Morgan fingerprint density at radius 1 is 1.58 bits per heavy atom. The molecule has 1 aromatic rings. The third-order valence-electron chi connectivity index (χ3n) is 1.02. The van der Waals surface area contributed by atoms with Crippen molar-refractivity contribution in [3.63, 3.8) is 0 Å². The van der Waals surface area contributed by atoms with Crippen LogP contribution in [0.3, 0.4) is 0 Å². The zero-order valence-corrected chi connectivity index (χ0v) is 12.0. The van der Waals surface area contributed by atoms with Crippen LogP contribution in [0.1, 0.15) is 0 Å².